The number of hydrogen-bond donors (Lipinski definition) is 4. The standard InChI is InChI=1S/C11H11ClN6/c12-7-5-15-10-8(7)9(13)17-11(18-10)16-6-2-1-3-14-4-6/h1-2,4-5,14H,3H2,(H4,13,15,16,17,18). The van der Waals surface area contributed by atoms with Crippen molar-refractivity contribution in [1.29, 1.82) is 0 Å². The van der Waals surface area contributed by atoms with Gasteiger partial charge >= 0.3 is 0 Å². The summed E-state index contributed by atoms with van der Waals surface area (Å²) in [5.41, 5.74) is 7.35. The number of allylic oxidation sites excluding steroid dienone is 1. The van der Waals surface area contributed by atoms with E-state index in [1.807, 2.05) is 18.4 Å². The van der Waals surface area contributed by atoms with Crippen LogP contribution in [0.5, 0.6) is 0 Å². The summed E-state index contributed by atoms with van der Waals surface area (Å²) < 4.78 is 0. The van der Waals surface area contributed by atoms with Crippen molar-refractivity contribution >= 4 is 34.4 Å². The number of anilines is 2. The van der Waals surface area contributed by atoms with Crippen molar-refractivity contribution in [3.05, 3.63) is 35.3 Å². The molecule has 0 aliphatic carbocycles. The first-order valence-electron chi connectivity index (χ1n) is 5.41. The van der Waals surface area contributed by atoms with E-state index >= 15 is 0 Å². The van der Waals surface area contributed by atoms with Crippen LogP contribution in [0.25, 0.3) is 11.0 Å². The molecule has 0 amide bonds. The molecule has 2 aromatic heterocycles. The second-order valence-corrected chi connectivity index (χ2v) is 4.24. The quantitative estimate of drug-likeness (QED) is 0.660. The van der Waals surface area contributed by atoms with Crippen LogP contribution in [0.15, 0.2) is 30.2 Å². The van der Waals surface area contributed by atoms with Crippen LogP contribution in [0.1, 0.15) is 0 Å². The third kappa shape index (κ3) is 1.86. The first-order valence-corrected chi connectivity index (χ1v) is 5.79. The van der Waals surface area contributed by atoms with Crippen molar-refractivity contribution in [3.8, 4) is 0 Å². The van der Waals surface area contributed by atoms with Crippen LogP contribution >= 0.6 is 11.6 Å². The van der Waals surface area contributed by atoms with E-state index < -0.39 is 0 Å². The van der Waals surface area contributed by atoms with E-state index in [4.69, 9.17) is 17.3 Å². The Balaban J connectivity index is 1.98. The molecule has 3 heterocycles. The van der Waals surface area contributed by atoms with Crippen LogP contribution in [0, 0.1) is 0 Å². The molecule has 0 spiro atoms. The molecular weight excluding hydrogens is 252 g/mol. The molecule has 1 aliphatic rings. The number of aromatic amines is 1. The molecule has 0 unspecified atom stereocenters. The minimum Gasteiger partial charge on any atom is -0.386 e. The second-order valence-electron chi connectivity index (χ2n) is 3.83. The predicted molar refractivity (Wildman–Crippen MR) is 72.2 cm³/mol. The smallest absolute Gasteiger partial charge is 0.231 e. The van der Waals surface area contributed by atoms with Gasteiger partial charge in [0.05, 0.1) is 16.1 Å². The molecule has 5 N–H and O–H groups in total. The Labute approximate surface area is 108 Å². The number of aromatic nitrogens is 3. The van der Waals surface area contributed by atoms with Crippen molar-refractivity contribution in [2.24, 2.45) is 0 Å². The number of nitrogens with zero attached hydrogens (tertiary/aromatic N) is 2. The van der Waals surface area contributed by atoms with E-state index in [9.17, 15) is 0 Å². The third-order valence-electron chi connectivity index (χ3n) is 2.56. The minimum atomic E-state index is 0.349. The van der Waals surface area contributed by atoms with Gasteiger partial charge < -0.3 is 21.4 Å². The van der Waals surface area contributed by atoms with Gasteiger partial charge in [-0.15, -0.1) is 0 Å². The lowest BCUT2D eigenvalue weighted by atomic mass is 10.3. The lowest BCUT2D eigenvalue weighted by molar-refractivity contribution is 0.953. The van der Waals surface area contributed by atoms with E-state index in [-0.39, 0.29) is 0 Å². The summed E-state index contributed by atoms with van der Waals surface area (Å²) in [6.07, 6.45) is 7.44. The van der Waals surface area contributed by atoms with Crippen molar-refractivity contribution < 1.29 is 0 Å². The van der Waals surface area contributed by atoms with Gasteiger partial charge in [0.25, 0.3) is 0 Å². The van der Waals surface area contributed by atoms with E-state index in [1.165, 1.54) is 0 Å². The number of fused-ring (bicyclic) bond motifs is 1. The van der Waals surface area contributed by atoms with Gasteiger partial charge in [-0.2, -0.15) is 9.97 Å². The molecule has 0 saturated carbocycles. The van der Waals surface area contributed by atoms with Gasteiger partial charge in [0, 0.05) is 18.9 Å². The van der Waals surface area contributed by atoms with Crippen molar-refractivity contribution in [3.63, 3.8) is 0 Å². The monoisotopic (exact) mass is 262 g/mol. The van der Waals surface area contributed by atoms with Gasteiger partial charge in [0.2, 0.25) is 5.95 Å². The van der Waals surface area contributed by atoms with E-state index in [0.29, 0.717) is 27.8 Å². The number of dihydropyridines is 1. The zero-order valence-electron chi connectivity index (χ0n) is 9.37. The molecule has 0 aromatic carbocycles. The second kappa shape index (κ2) is 4.23. The van der Waals surface area contributed by atoms with E-state index in [2.05, 4.69) is 25.6 Å². The average Bonchev–Trinajstić information content (AvgIpc) is 2.72. The van der Waals surface area contributed by atoms with E-state index in [1.54, 1.807) is 6.20 Å². The highest BCUT2D eigenvalue weighted by molar-refractivity contribution is 6.36. The summed E-state index contributed by atoms with van der Waals surface area (Å²) in [5, 5.41) is 7.32. The fourth-order valence-corrected chi connectivity index (χ4v) is 2.00. The number of hydrogen-bond acceptors (Lipinski definition) is 5. The zero-order valence-corrected chi connectivity index (χ0v) is 10.1. The number of nitrogens with two attached hydrogens (primary N) is 1. The average molecular weight is 263 g/mol. The number of nitrogen functional groups attached to an aromatic ring is 1. The maximum absolute atomic E-state index is 5.98. The molecular formula is C11H11ClN6. The maximum Gasteiger partial charge on any atom is 0.231 e. The first-order chi connectivity index (χ1) is 8.74. The fourth-order valence-electron chi connectivity index (χ4n) is 1.76. The maximum atomic E-state index is 5.98. The normalized spacial score (nSPS) is 14.4. The first kappa shape index (κ1) is 10.9. The molecule has 0 radical (unpaired) electrons. The number of nitrogens with one attached hydrogen (secondary N) is 3. The molecule has 0 fully saturated rings. The molecule has 92 valence electrons. The molecule has 7 heteroatoms. The third-order valence-corrected chi connectivity index (χ3v) is 2.86. The number of rotatable bonds is 2. The lowest BCUT2D eigenvalue weighted by Gasteiger charge is -2.10. The van der Waals surface area contributed by atoms with Crippen molar-refractivity contribution in [2.45, 2.75) is 0 Å². The molecule has 1 aliphatic heterocycles. The van der Waals surface area contributed by atoms with Crippen LogP contribution in [0.2, 0.25) is 5.02 Å². The molecule has 2 aromatic rings. The Kier molecular flexibility index (Phi) is 2.56. The number of H-pyrrole nitrogens is 1. The summed E-state index contributed by atoms with van der Waals surface area (Å²) in [7, 11) is 0. The van der Waals surface area contributed by atoms with Gasteiger partial charge in [0.1, 0.15) is 11.5 Å². The lowest BCUT2D eigenvalue weighted by Crippen LogP contribution is -2.14. The summed E-state index contributed by atoms with van der Waals surface area (Å²) in [5.74, 6) is 0.778. The SMILES string of the molecule is Nc1nc(NC2=CNCC=C2)nc2[nH]cc(Cl)c12. The molecule has 3 rings (SSSR count). The van der Waals surface area contributed by atoms with Gasteiger partial charge in [-0.3, -0.25) is 0 Å². The molecule has 0 atom stereocenters. The molecule has 0 saturated heterocycles. The Morgan fingerprint density at radius 1 is 1.39 bits per heavy atom. The van der Waals surface area contributed by atoms with E-state index in [0.717, 1.165) is 12.2 Å². The highest BCUT2D eigenvalue weighted by Gasteiger charge is 2.10. The summed E-state index contributed by atoms with van der Waals surface area (Å²) in [4.78, 5) is 11.4. The molecule has 6 nitrogen and oxygen atoms in total. The van der Waals surface area contributed by atoms with Gasteiger partial charge in [-0.05, 0) is 6.08 Å². The van der Waals surface area contributed by atoms with Gasteiger partial charge in [-0.1, -0.05) is 17.7 Å². The topological polar surface area (TPSA) is 91.7 Å². The molecule has 18 heavy (non-hydrogen) atoms. The highest BCUT2D eigenvalue weighted by atomic mass is 35.5. The predicted octanol–water partition coefficient (Wildman–Crippen LogP) is 1.61. The fraction of sp³-hybridized carbons (Fsp3) is 0.0909. The van der Waals surface area contributed by atoms with Crippen LogP contribution < -0.4 is 16.4 Å². The Hall–Kier alpha value is -2.21. The van der Waals surface area contributed by atoms with Crippen LogP contribution in [0.4, 0.5) is 11.8 Å². The summed E-state index contributed by atoms with van der Waals surface area (Å²) >= 11 is 5.98. The summed E-state index contributed by atoms with van der Waals surface area (Å²) in [6.45, 7) is 0.819. The highest BCUT2D eigenvalue weighted by Crippen LogP contribution is 2.27. The summed E-state index contributed by atoms with van der Waals surface area (Å²) in [6, 6.07) is 0. The number of halogens is 1. The molecule has 0 bridgehead atoms. The van der Waals surface area contributed by atoms with Crippen LogP contribution in [-0.2, 0) is 0 Å². The minimum absolute atomic E-state index is 0.349. The largest absolute Gasteiger partial charge is 0.386 e. The van der Waals surface area contributed by atoms with Crippen LogP contribution in [0.3, 0.4) is 0 Å². The van der Waals surface area contributed by atoms with Gasteiger partial charge in [-0.25, -0.2) is 0 Å². The Morgan fingerprint density at radius 2 is 2.28 bits per heavy atom. The van der Waals surface area contributed by atoms with Crippen molar-refractivity contribution in [1.82, 2.24) is 20.3 Å². The zero-order chi connectivity index (χ0) is 12.5. The Bertz CT molecular complexity index is 657. The van der Waals surface area contributed by atoms with Crippen LogP contribution in [-0.4, -0.2) is 21.5 Å². The Morgan fingerprint density at radius 3 is 3.06 bits per heavy atom. The van der Waals surface area contributed by atoms with Crippen molar-refractivity contribution in [2.75, 3.05) is 17.6 Å². The van der Waals surface area contributed by atoms with Gasteiger partial charge in [0.15, 0.2) is 0 Å².